The normalized spacial score (nSPS) is 30.1. The van der Waals surface area contributed by atoms with Crippen LogP contribution in [-0.2, 0) is 17.1 Å². The lowest BCUT2D eigenvalue weighted by atomic mass is 10.1. The standard InChI is InChI=1S/C11H16N2O2S/c1-12-6-2-3-11(12)16(14,15)13-8-9-4-5-10(13)7-9/h2-3,6,9-10H,4-5,7-8H2,1H3. The van der Waals surface area contributed by atoms with Gasteiger partial charge in [0, 0.05) is 25.8 Å². The molecule has 5 heteroatoms. The first-order chi connectivity index (χ1) is 7.59. The van der Waals surface area contributed by atoms with Crippen LogP contribution >= 0.6 is 0 Å². The first kappa shape index (κ1) is 10.4. The van der Waals surface area contributed by atoms with E-state index in [0.29, 0.717) is 10.9 Å². The van der Waals surface area contributed by atoms with E-state index in [-0.39, 0.29) is 6.04 Å². The van der Waals surface area contributed by atoms with Crippen molar-refractivity contribution in [3.63, 3.8) is 0 Å². The number of aryl methyl sites for hydroxylation is 1. The van der Waals surface area contributed by atoms with E-state index >= 15 is 0 Å². The Morgan fingerprint density at radius 2 is 2.19 bits per heavy atom. The Kier molecular flexibility index (Phi) is 2.16. The highest BCUT2D eigenvalue weighted by Gasteiger charge is 2.44. The molecule has 2 atom stereocenters. The highest BCUT2D eigenvalue weighted by molar-refractivity contribution is 7.89. The molecule has 0 amide bonds. The molecule has 1 aromatic rings. The lowest BCUT2D eigenvalue weighted by Crippen LogP contribution is -2.38. The van der Waals surface area contributed by atoms with Crippen LogP contribution in [0.4, 0.5) is 0 Å². The summed E-state index contributed by atoms with van der Waals surface area (Å²) in [5.41, 5.74) is 0. The van der Waals surface area contributed by atoms with Crippen LogP contribution in [0.15, 0.2) is 23.4 Å². The zero-order valence-electron chi connectivity index (χ0n) is 9.33. The summed E-state index contributed by atoms with van der Waals surface area (Å²) in [5, 5.41) is 0.417. The quantitative estimate of drug-likeness (QED) is 0.779. The first-order valence-electron chi connectivity index (χ1n) is 5.72. The Labute approximate surface area is 95.9 Å². The van der Waals surface area contributed by atoms with Crippen LogP contribution in [0.5, 0.6) is 0 Å². The van der Waals surface area contributed by atoms with Gasteiger partial charge in [0.05, 0.1) is 0 Å². The molecule has 0 aromatic carbocycles. The van der Waals surface area contributed by atoms with Crippen molar-refractivity contribution in [2.24, 2.45) is 13.0 Å². The van der Waals surface area contributed by atoms with Crippen molar-refractivity contribution in [3.8, 4) is 0 Å². The zero-order valence-corrected chi connectivity index (χ0v) is 10.2. The summed E-state index contributed by atoms with van der Waals surface area (Å²) in [5.74, 6) is 0.597. The molecule has 0 N–H and O–H groups in total. The van der Waals surface area contributed by atoms with Crippen LogP contribution in [0, 0.1) is 5.92 Å². The molecule has 1 aliphatic carbocycles. The van der Waals surface area contributed by atoms with Crippen molar-refractivity contribution in [1.82, 2.24) is 8.87 Å². The van der Waals surface area contributed by atoms with Gasteiger partial charge in [0.1, 0.15) is 5.03 Å². The van der Waals surface area contributed by atoms with Crippen LogP contribution < -0.4 is 0 Å². The average molecular weight is 240 g/mol. The van der Waals surface area contributed by atoms with Crippen molar-refractivity contribution in [2.45, 2.75) is 30.3 Å². The highest BCUT2D eigenvalue weighted by atomic mass is 32.2. The van der Waals surface area contributed by atoms with E-state index in [9.17, 15) is 8.42 Å². The Hall–Kier alpha value is -0.810. The van der Waals surface area contributed by atoms with Crippen molar-refractivity contribution < 1.29 is 8.42 Å². The third-order valence-corrected chi connectivity index (χ3v) is 5.85. The maximum absolute atomic E-state index is 12.4. The molecule has 2 aliphatic rings. The summed E-state index contributed by atoms with van der Waals surface area (Å²) in [7, 11) is -1.48. The molecule has 2 heterocycles. The van der Waals surface area contributed by atoms with E-state index in [4.69, 9.17) is 0 Å². The van der Waals surface area contributed by atoms with Crippen LogP contribution in [0.1, 0.15) is 19.3 Å². The Bertz CT molecular complexity index is 506. The minimum atomic E-state index is -3.26. The van der Waals surface area contributed by atoms with Gasteiger partial charge in [-0.2, -0.15) is 4.31 Å². The molecule has 2 bridgehead atoms. The second-order valence-corrected chi connectivity index (χ2v) is 6.70. The van der Waals surface area contributed by atoms with Crippen LogP contribution in [0.2, 0.25) is 0 Å². The molecule has 88 valence electrons. The Morgan fingerprint density at radius 1 is 1.38 bits per heavy atom. The van der Waals surface area contributed by atoms with Gasteiger partial charge in [0.2, 0.25) is 0 Å². The number of fused-ring (bicyclic) bond motifs is 2. The molecule has 4 nitrogen and oxygen atoms in total. The molecule has 16 heavy (non-hydrogen) atoms. The maximum atomic E-state index is 12.4. The fourth-order valence-electron chi connectivity index (χ4n) is 3.01. The topological polar surface area (TPSA) is 42.3 Å². The van der Waals surface area contributed by atoms with Gasteiger partial charge in [-0.3, -0.25) is 0 Å². The third kappa shape index (κ3) is 1.34. The molecule has 1 aromatic heterocycles. The maximum Gasteiger partial charge on any atom is 0.258 e. The molecule has 0 spiro atoms. The van der Waals surface area contributed by atoms with Crippen molar-refractivity contribution in [1.29, 1.82) is 0 Å². The van der Waals surface area contributed by atoms with Gasteiger partial charge < -0.3 is 4.57 Å². The molecule has 1 aliphatic heterocycles. The molecular weight excluding hydrogens is 224 g/mol. The fourth-order valence-corrected chi connectivity index (χ4v) is 4.91. The van der Waals surface area contributed by atoms with E-state index < -0.39 is 10.0 Å². The van der Waals surface area contributed by atoms with Crippen molar-refractivity contribution in [3.05, 3.63) is 18.3 Å². The predicted octanol–water partition coefficient (Wildman–Crippen LogP) is 1.20. The minimum Gasteiger partial charge on any atom is -0.341 e. The van der Waals surface area contributed by atoms with E-state index in [1.165, 1.54) is 6.42 Å². The second-order valence-electron chi connectivity index (χ2n) is 4.86. The largest absolute Gasteiger partial charge is 0.341 e. The monoisotopic (exact) mass is 240 g/mol. The molecule has 1 saturated carbocycles. The average Bonchev–Trinajstić information content (AvgIpc) is 2.91. The Morgan fingerprint density at radius 3 is 2.69 bits per heavy atom. The van der Waals surface area contributed by atoms with Gasteiger partial charge in [0.15, 0.2) is 0 Å². The summed E-state index contributed by atoms with van der Waals surface area (Å²) in [6.45, 7) is 0.720. The van der Waals surface area contributed by atoms with E-state index in [1.807, 2.05) is 0 Å². The number of aromatic nitrogens is 1. The van der Waals surface area contributed by atoms with E-state index in [0.717, 1.165) is 19.4 Å². The highest BCUT2D eigenvalue weighted by Crippen LogP contribution is 2.40. The summed E-state index contributed by atoms with van der Waals surface area (Å²) < 4.78 is 28.2. The zero-order chi connectivity index (χ0) is 11.3. The summed E-state index contributed by atoms with van der Waals surface area (Å²) >= 11 is 0. The van der Waals surface area contributed by atoms with Crippen LogP contribution in [0.3, 0.4) is 0 Å². The number of hydrogen-bond donors (Lipinski definition) is 0. The van der Waals surface area contributed by atoms with Gasteiger partial charge >= 0.3 is 0 Å². The molecule has 0 radical (unpaired) electrons. The predicted molar refractivity (Wildman–Crippen MR) is 60.4 cm³/mol. The van der Waals surface area contributed by atoms with E-state index in [1.54, 1.807) is 34.2 Å². The summed E-state index contributed by atoms with van der Waals surface area (Å²) in [4.78, 5) is 0. The van der Waals surface area contributed by atoms with Gasteiger partial charge in [-0.15, -0.1) is 0 Å². The molecule has 3 rings (SSSR count). The lowest BCUT2D eigenvalue weighted by molar-refractivity contribution is 0.331. The van der Waals surface area contributed by atoms with Crippen molar-refractivity contribution in [2.75, 3.05) is 6.54 Å². The lowest BCUT2D eigenvalue weighted by Gasteiger charge is -2.26. The van der Waals surface area contributed by atoms with Gasteiger partial charge in [-0.05, 0) is 37.3 Å². The SMILES string of the molecule is Cn1cccc1S(=O)(=O)N1CC2CCC1C2. The number of piperidine rings is 1. The van der Waals surface area contributed by atoms with Gasteiger partial charge in [0.25, 0.3) is 10.0 Å². The van der Waals surface area contributed by atoms with Crippen LogP contribution in [-0.4, -0.2) is 29.9 Å². The second kappa shape index (κ2) is 3.34. The fraction of sp³-hybridized carbons (Fsp3) is 0.636. The van der Waals surface area contributed by atoms with Crippen LogP contribution in [0.25, 0.3) is 0 Å². The minimum absolute atomic E-state index is 0.255. The number of hydrogen-bond acceptors (Lipinski definition) is 2. The number of rotatable bonds is 2. The first-order valence-corrected chi connectivity index (χ1v) is 7.16. The summed E-state index contributed by atoms with van der Waals surface area (Å²) in [6.07, 6.45) is 5.07. The number of nitrogens with zero attached hydrogens (tertiary/aromatic N) is 2. The van der Waals surface area contributed by atoms with E-state index in [2.05, 4.69) is 0 Å². The van der Waals surface area contributed by atoms with Gasteiger partial charge in [-0.1, -0.05) is 0 Å². The van der Waals surface area contributed by atoms with Gasteiger partial charge in [-0.25, -0.2) is 8.42 Å². The summed E-state index contributed by atoms with van der Waals surface area (Å²) in [6, 6.07) is 3.72. The Balaban J connectivity index is 1.98. The molecule has 2 fully saturated rings. The molecule has 2 unspecified atom stereocenters. The van der Waals surface area contributed by atoms with Crippen molar-refractivity contribution >= 4 is 10.0 Å². The smallest absolute Gasteiger partial charge is 0.258 e. The molecule has 1 saturated heterocycles. The third-order valence-electron chi connectivity index (χ3n) is 3.83. The number of sulfonamides is 1. The molecular formula is C11H16N2O2S.